The van der Waals surface area contributed by atoms with Gasteiger partial charge >= 0.3 is 0 Å². The summed E-state index contributed by atoms with van der Waals surface area (Å²) in [6.07, 6.45) is 3.74. The number of nitrogens with one attached hydrogen (secondary N) is 2. The van der Waals surface area contributed by atoms with Crippen LogP contribution in [0.25, 0.3) is 5.69 Å². The van der Waals surface area contributed by atoms with Crippen molar-refractivity contribution in [2.45, 2.75) is 25.7 Å². The highest BCUT2D eigenvalue weighted by atomic mass is 16.6. The van der Waals surface area contributed by atoms with Gasteiger partial charge in [-0.1, -0.05) is 30.3 Å². The lowest BCUT2D eigenvalue weighted by Gasteiger charge is -2.12. The average molecular weight is 405 g/mol. The maximum Gasteiger partial charge on any atom is 0.292 e. The fourth-order valence-corrected chi connectivity index (χ4v) is 3.53. The van der Waals surface area contributed by atoms with Gasteiger partial charge in [-0.2, -0.15) is 5.10 Å². The van der Waals surface area contributed by atoms with Crippen molar-refractivity contribution < 1.29 is 9.72 Å². The van der Waals surface area contributed by atoms with Crippen LogP contribution in [0, 0.1) is 17.0 Å². The number of nitro benzene ring substituents is 1. The van der Waals surface area contributed by atoms with Crippen LogP contribution in [0.2, 0.25) is 0 Å². The summed E-state index contributed by atoms with van der Waals surface area (Å²) in [5.41, 5.74) is 4.07. The smallest absolute Gasteiger partial charge is 0.292 e. The van der Waals surface area contributed by atoms with E-state index in [1.807, 2.05) is 35.9 Å². The predicted molar refractivity (Wildman–Crippen MR) is 114 cm³/mol. The quantitative estimate of drug-likeness (QED) is 0.337. The number of rotatable bonds is 8. The molecule has 2 aromatic carbocycles. The highest BCUT2D eigenvalue weighted by Gasteiger charge is 2.33. The molecule has 0 unspecified atom stereocenters. The van der Waals surface area contributed by atoms with Gasteiger partial charge < -0.3 is 10.6 Å². The van der Waals surface area contributed by atoms with Gasteiger partial charge in [0.05, 0.1) is 28.1 Å². The SMILES string of the molecule is Cc1ccccc1-n1ncc(C(=O)NCCNc2ccccc2[N+](=O)[O-])c1C1CC1. The maximum atomic E-state index is 12.8. The molecule has 30 heavy (non-hydrogen) atoms. The Morgan fingerprint density at radius 2 is 1.90 bits per heavy atom. The Kier molecular flexibility index (Phi) is 5.47. The minimum atomic E-state index is -0.428. The monoisotopic (exact) mass is 405 g/mol. The highest BCUT2D eigenvalue weighted by molar-refractivity contribution is 5.95. The second kappa shape index (κ2) is 8.36. The normalized spacial score (nSPS) is 13.1. The van der Waals surface area contributed by atoms with Crippen molar-refractivity contribution in [3.05, 3.63) is 81.7 Å². The molecule has 0 radical (unpaired) electrons. The molecule has 0 atom stereocenters. The van der Waals surface area contributed by atoms with Crippen LogP contribution in [0.1, 0.15) is 40.4 Å². The average Bonchev–Trinajstić information content (AvgIpc) is 3.49. The van der Waals surface area contributed by atoms with E-state index in [4.69, 9.17) is 0 Å². The third kappa shape index (κ3) is 4.03. The Morgan fingerprint density at radius 1 is 1.17 bits per heavy atom. The van der Waals surface area contributed by atoms with Gasteiger partial charge in [-0.05, 0) is 37.5 Å². The molecule has 1 aromatic heterocycles. The first-order chi connectivity index (χ1) is 14.6. The van der Waals surface area contributed by atoms with Crippen LogP contribution in [0.3, 0.4) is 0 Å². The molecule has 8 heteroatoms. The fraction of sp³-hybridized carbons (Fsp3) is 0.273. The molecule has 3 aromatic rings. The number of carbonyl (C=O) groups is 1. The van der Waals surface area contributed by atoms with E-state index >= 15 is 0 Å². The Morgan fingerprint density at radius 3 is 2.63 bits per heavy atom. The summed E-state index contributed by atoms with van der Waals surface area (Å²) in [5, 5.41) is 21.5. The van der Waals surface area contributed by atoms with Crippen molar-refractivity contribution >= 4 is 17.3 Å². The number of nitro groups is 1. The summed E-state index contributed by atoms with van der Waals surface area (Å²) in [6.45, 7) is 2.74. The van der Waals surface area contributed by atoms with Crippen molar-refractivity contribution in [1.29, 1.82) is 0 Å². The van der Waals surface area contributed by atoms with Crippen LogP contribution >= 0.6 is 0 Å². The first kappa shape index (κ1) is 19.6. The van der Waals surface area contributed by atoms with E-state index in [0.717, 1.165) is 29.8 Å². The first-order valence-corrected chi connectivity index (χ1v) is 9.95. The van der Waals surface area contributed by atoms with E-state index < -0.39 is 4.92 Å². The van der Waals surface area contributed by atoms with E-state index in [9.17, 15) is 14.9 Å². The molecule has 8 nitrogen and oxygen atoms in total. The van der Waals surface area contributed by atoms with Crippen LogP contribution in [0.5, 0.6) is 0 Å². The van der Waals surface area contributed by atoms with Gasteiger partial charge in [0.15, 0.2) is 0 Å². The summed E-state index contributed by atoms with van der Waals surface area (Å²) in [6, 6.07) is 14.4. The number of amides is 1. The number of para-hydroxylation sites is 3. The van der Waals surface area contributed by atoms with Gasteiger partial charge in [0, 0.05) is 25.1 Å². The number of nitrogens with zero attached hydrogens (tertiary/aromatic N) is 3. The molecule has 1 aliphatic carbocycles. The van der Waals surface area contributed by atoms with Crippen molar-refractivity contribution in [2.75, 3.05) is 18.4 Å². The number of hydrogen-bond acceptors (Lipinski definition) is 5. The lowest BCUT2D eigenvalue weighted by Crippen LogP contribution is -2.29. The molecule has 1 fully saturated rings. The van der Waals surface area contributed by atoms with Crippen LogP contribution in [-0.4, -0.2) is 33.7 Å². The molecule has 1 amide bonds. The lowest BCUT2D eigenvalue weighted by atomic mass is 10.1. The zero-order valence-electron chi connectivity index (χ0n) is 16.7. The van der Waals surface area contributed by atoms with Gasteiger partial charge in [0.25, 0.3) is 11.6 Å². The second-order valence-corrected chi connectivity index (χ2v) is 7.37. The number of hydrogen-bond donors (Lipinski definition) is 2. The summed E-state index contributed by atoms with van der Waals surface area (Å²) in [4.78, 5) is 23.5. The molecule has 1 saturated carbocycles. The van der Waals surface area contributed by atoms with E-state index in [2.05, 4.69) is 15.7 Å². The summed E-state index contributed by atoms with van der Waals surface area (Å²) < 4.78 is 1.88. The topological polar surface area (TPSA) is 102 Å². The number of benzene rings is 2. The third-order valence-electron chi connectivity index (χ3n) is 5.19. The molecule has 1 aliphatic rings. The van der Waals surface area contributed by atoms with Gasteiger partial charge in [-0.15, -0.1) is 0 Å². The van der Waals surface area contributed by atoms with Crippen molar-refractivity contribution in [1.82, 2.24) is 15.1 Å². The first-order valence-electron chi connectivity index (χ1n) is 9.95. The Labute approximate surface area is 174 Å². The standard InChI is InChI=1S/C22H23N5O3/c1-15-6-2-4-8-19(15)26-21(16-10-11-16)17(14-25-26)22(28)24-13-12-23-18-7-3-5-9-20(18)27(29)30/h2-9,14,16,23H,10-13H2,1H3,(H,24,28). The molecule has 4 rings (SSSR count). The molecule has 2 N–H and O–H groups in total. The van der Waals surface area contributed by atoms with E-state index in [-0.39, 0.29) is 11.6 Å². The molecule has 0 spiro atoms. The van der Waals surface area contributed by atoms with Gasteiger partial charge in [0.1, 0.15) is 5.69 Å². The van der Waals surface area contributed by atoms with Crippen molar-refractivity contribution in [2.24, 2.45) is 0 Å². The minimum absolute atomic E-state index is 0.0133. The van der Waals surface area contributed by atoms with Crippen molar-refractivity contribution in [3.63, 3.8) is 0 Å². The predicted octanol–water partition coefficient (Wildman–Crippen LogP) is 3.81. The van der Waals surface area contributed by atoms with Crippen LogP contribution in [0.4, 0.5) is 11.4 Å². The van der Waals surface area contributed by atoms with Crippen LogP contribution < -0.4 is 10.6 Å². The van der Waals surface area contributed by atoms with Gasteiger partial charge in [-0.25, -0.2) is 4.68 Å². The fourth-order valence-electron chi connectivity index (χ4n) is 3.53. The zero-order chi connectivity index (χ0) is 21.1. The summed E-state index contributed by atoms with van der Waals surface area (Å²) in [7, 11) is 0. The molecular formula is C22H23N5O3. The summed E-state index contributed by atoms with van der Waals surface area (Å²) in [5.74, 6) is 0.166. The van der Waals surface area contributed by atoms with E-state index in [1.165, 1.54) is 6.07 Å². The molecule has 0 aliphatic heterocycles. The lowest BCUT2D eigenvalue weighted by molar-refractivity contribution is -0.384. The molecule has 0 bridgehead atoms. The zero-order valence-corrected chi connectivity index (χ0v) is 16.7. The third-order valence-corrected chi connectivity index (χ3v) is 5.19. The van der Waals surface area contributed by atoms with Gasteiger partial charge in [0.2, 0.25) is 0 Å². The number of anilines is 1. The Balaban J connectivity index is 1.44. The Hall–Kier alpha value is -3.68. The van der Waals surface area contributed by atoms with Crippen LogP contribution in [0.15, 0.2) is 54.7 Å². The van der Waals surface area contributed by atoms with Crippen molar-refractivity contribution in [3.8, 4) is 5.69 Å². The number of aromatic nitrogens is 2. The molecule has 154 valence electrons. The number of carbonyl (C=O) groups excluding carboxylic acids is 1. The second-order valence-electron chi connectivity index (χ2n) is 7.37. The summed E-state index contributed by atoms with van der Waals surface area (Å²) >= 11 is 0. The van der Waals surface area contributed by atoms with Crippen LogP contribution in [-0.2, 0) is 0 Å². The maximum absolute atomic E-state index is 12.8. The molecule has 1 heterocycles. The molecular weight excluding hydrogens is 382 g/mol. The minimum Gasteiger partial charge on any atom is -0.378 e. The van der Waals surface area contributed by atoms with Gasteiger partial charge in [-0.3, -0.25) is 14.9 Å². The van der Waals surface area contributed by atoms with E-state index in [1.54, 1.807) is 24.4 Å². The Bertz CT molecular complexity index is 1090. The highest BCUT2D eigenvalue weighted by Crippen LogP contribution is 2.42. The molecule has 0 saturated heterocycles. The van der Waals surface area contributed by atoms with E-state index in [0.29, 0.717) is 30.3 Å². The largest absolute Gasteiger partial charge is 0.378 e. The number of aryl methyl sites for hydroxylation is 1.